The van der Waals surface area contributed by atoms with Crippen molar-refractivity contribution in [1.82, 2.24) is 0 Å². The van der Waals surface area contributed by atoms with Crippen LogP contribution in [0.1, 0.15) is 5.56 Å². The van der Waals surface area contributed by atoms with Crippen molar-refractivity contribution in [3.8, 4) is 5.75 Å². The van der Waals surface area contributed by atoms with Gasteiger partial charge in [0.1, 0.15) is 5.75 Å². The molecule has 0 aliphatic carbocycles. The van der Waals surface area contributed by atoms with Gasteiger partial charge in [0.25, 0.3) is 5.91 Å². The van der Waals surface area contributed by atoms with Crippen LogP contribution in [-0.2, 0) is 4.79 Å². The van der Waals surface area contributed by atoms with E-state index < -0.39 is 0 Å². The summed E-state index contributed by atoms with van der Waals surface area (Å²) in [7, 11) is 1.63. The fourth-order valence-corrected chi connectivity index (χ4v) is 2.51. The molecular weight excluding hydrogens is 310 g/mol. The van der Waals surface area contributed by atoms with E-state index in [2.05, 4.69) is 0 Å². The summed E-state index contributed by atoms with van der Waals surface area (Å²) < 4.78 is 5.15. The topological polar surface area (TPSA) is 29.5 Å². The minimum Gasteiger partial charge on any atom is -0.497 e. The average Bonchev–Trinajstić information content (AvgIpc) is 2.69. The lowest BCUT2D eigenvalue weighted by Crippen LogP contribution is -2.23. The van der Waals surface area contributed by atoms with Gasteiger partial charge in [0, 0.05) is 17.5 Å². The molecular formula is C22H19NO2. The maximum atomic E-state index is 12.9. The zero-order valence-corrected chi connectivity index (χ0v) is 14.0. The number of rotatable bonds is 5. The Kier molecular flexibility index (Phi) is 5.27. The summed E-state index contributed by atoms with van der Waals surface area (Å²) in [5.74, 6) is 0.687. The lowest BCUT2D eigenvalue weighted by molar-refractivity contribution is -0.113. The fraction of sp³-hybridized carbons (Fsp3) is 0.0455. The maximum Gasteiger partial charge on any atom is 0.255 e. The molecule has 0 unspecified atom stereocenters. The van der Waals surface area contributed by atoms with Crippen molar-refractivity contribution in [3.63, 3.8) is 0 Å². The quantitative estimate of drug-likeness (QED) is 0.611. The highest BCUT2D eigenvalue weighted by Gasteiger charge is 2.14. The second kappa shape index (κ2) is 7.97. The minimum absolute atomic E-state index is 0.104. The van der Waals surface area contributed by atoms with E-state index in [1.54, 1.807) is 24.2 Å². The molecule has 3 aromatic carbocycles. The Hall–Kier alpha value is -3.33. The van der Waals surface area contributed by atoms with Crippen LogP contribution in [-0.4, -0.2) is 13.0 Å². The highest BCUT2D eigenvalue weighted by atomic mass is 16.5. The van der Waals surface area contributed by atoms with E-state index in [9.17, 15) is 4.79 Å². The number of ether oxygens (including phenoxy) is 1. The van der Waals surface area contributed by atoms with Gasteiger partial charge in [-0.25, -0.2) is 0 Å². The minimum atomic E-state index is -0.104. The van der Waals surface area contributed by atoms with Crippen molar-refractivity contribution in [2.24, 2.45) is 0 Å². The Bertz CT molecular complexity index is 801. The molecule has 3 aromatic rings. The molecule has 0 saturated heterocycles. The van der Waals surface area contributed by atoms with Crippen molar-refractivity contribution in [2.45, 2.75) is 0 Å². The molecule has 0 fully saturated rings. The Morgan fingerprint density at radius 2 is 1.32 bits per heavy atom. The second-order valence-corrected chi connectivity index (χ2v) is 5.45. The molecule has 25 heavy (non-hydrogen) atoms. The van der Waals surface area contributed by atoms with Crippen molar-refractivity contribution in [1.29, 1.82) is 0 Å². The van der Waals surface area contributed by atoms with Gasteiger partial charge < -0.3 is 4.74 Å². The van der Waals surface area contributed by atoms with Crippen LogP contribution in [0.4, 0.5) is 11.4 Å². The van der Waals surface area contributed by atoms with Gasteiger partial charge >= 0.3 is 0 Å². The molecule has 3 nitrogen and oxygen atoms in total. The monoisotopic (exact) mass is 329 g/mol. The predicted molar refractivity (Wildman–Crippen MR) is 102 cm³/mol. The van der Waals surface area contributed by atoms with Gasteiger partial charge in [0.2, 0.25) is 0 Å². The molecule has 0 atom stereocenters. The summed E-state index contributed by atoms with van der Waals surface area (Å²) >= 11 is 0. The van der Waals surface area contributed by atoms with E-state index >= 15 is 0 Å². The van der Waals surface area contributed by atoms with Crippen LogP contribution in [0.3, 0.4) is 0 Å². The summed E-state index contributed by atoms with van der Waals surface area (Å²) in [6, 6.07) is 26.8. The smallest absolute Gasteiger partial charge is 0.255 e. The van der Waals surface area contributed by atoms with Crippen LogP contribution in [0.2, 0.25) is 0 Å². The number of benzene rings is 3. The molecule has 0 saturated carbocycles. The number of carbonyl (C=O) groups excluding carboxylic acids is 1. The largest absolute Gasteiger partial charge is 0.497 e. The molecule has 0 spiro atoms. The summed E-state index contributed by atoms with van der Waals surface area (Å²) in [6.45, 7) is 0. The van der Waals surface area contributed by atoms with Crippen molar-refractivity contribution < 1.29 is 9.53 Å². The van der Waals surface area contributed by atoms with Crippen LogP contribution in [0.25, 0.3) is 6.08 Å². The first-order valence-electron chi connectivity index (χ1n) is 8.04. The van der Waals surface area contributed by atoms with Gasteiger partial charge in [0.15, 0.2) is 0 Å². The highest BCUT2D eigenvalue weighted by molar-refractivity contribution is 6.08. The Morgan fingerprint density at radius 3 is 1.80 bits per heavy atom. The number of carbonyl (C=O) groups is 1. The number of anilines is 2. The van der Waals surface area contributed by atoms with Crippen LogP contribution in [0.15, 0.2) is 91.0 Å². The van der Waals surface area contributed by atoms with Crippen LogP contribution in [0, 0.1) is 0 Å². The summed E-state index contributed by atoms with van der Waals surface area (Å²) in [5.41, 5.74) is 2.60. The highest BCUT2D eigenvalue weighted by Crippen LogP contribution is 2.25. The molecule has 0 bridgehead atoms. The van der Waals surface area contributed by atoms with Crippen LogP contribution in [0.5, 0.6) is 5.75 Å². The molecule has 0 aliphatic rings. The number of amides is 1. The number of nitrogens with zero attached hydrogens (tertiary/aromatic N) is 1. The SMILES string of the molecule is COc1ccc(/C=C/C(=O)N(c2ccccc2)c2ccccc2)cc1. The molecule has 0 aliphatic heterocycles. The lowest BCUT2D eigenvalue weighted by Gasteiger charge is -2.21. The molecule has 0 N–H and O–H groups in total. The zero-order valence-electron chi connectivity index (χ0n) is 14.0. The average molecular weight is 329 g/mol. The molecule has 0 aromatic heterocycles. The lowest BCUT2D eigenvalue weighted by atomic mass is 10.2. The first-order valence-corrected chi connectivity index (χ1v) is 8.04. The standard InChI is InChI=1S/C22H19NO2/c1-25-21-15-12-18(13-16-21)14-17-22(24)23(19-8-4-2-5-9-19)20-10-6-3-7-11-20/h2-17H,1H3/b17-14+. The van der Waals surface area contributed by atoms with Gasteiger partial charge in [0.05, 0.1) is 7.11 Å². The Labute approximate surface area is 147 Å². The Morgan fingerprint density at radius 1 is 0.800 bits per heavy atom. The molecule has 3 rings (SSSR count). The molecule has 1 amide bonds. The van der Waals surface area contributed by atoms with Crippen LogP contribution < -0.4 is 9.64 Å². The number of para-hydroxylation sites is 2. The number of hydrogen-bond acceptors (Lipinski definition) is 2. The first kappa shape index (κ1) is 16.5. The number of hydrogen-bond donors (Lipinski definition) is 0. The van der Waals surface area contributed by atoms with Crippen molar-refractivity contribution >= 4 is 23.4 Å². The summed E-state index contributed by atoms with van der Waals surface area (Å²) in [5, 5.41) is 0. The zero-order chi connectivity index (χ0) is 17.5. The summed E-state index contributed by atoms with van der Waals surface area (Å²) in [6.07, 6.45) is 3.39. The van der Waals surface area contributed by atoms with Gasteiger partial charge in [-0.2, -0.15) is 0 Å². The van der Waals surface area contributed by atoms with Gasteiger partial charge in [-0.3, -0.25) is 9.69 Å². The summed E-state index contributed by atoms with van der Waals surface area (Å²) in [4.78, 5) is 14.5. The van der Waals surface area contributed by atoms with Gasteiger partial charge in [-0.05, 0) is 48.0 Å². The van der Waals surface area contributed by atoms with E-state index in [0.717, 1.165) is 22.7 Å². The molecule has 0 heterocycles. The third kappa shape index (κ3) is 4.15. The molecule has 124 valence electrons. The Balaban J connectivity index is 1.88. The van der Waals surface area contributed by atoms with Gasteiger partial charge in [-0.1, -0.05) is 48.5 Å². The van der Waals surface area contributed by atoms with Gasteiger partial charge in [-0.15, -0.1) is 0 Å². The normalized spacial score (nSPS) is 10.6. The van der Waals surface area contributed by atoms with Crippen molar-refractivity contribution in [2.75, 3.05) is 12.0 Å². The van der Waals surface area contributed by atoms with E-state index in [0.29, 0.717) is 0 Å². The number of methoxy groups -OCH3 is 1. The molecule has 3 heteroatoms. The maximum absolute atomic E-state index is 12.9. The fourth-order valence-electron chi connectivity index (χ4n) is 2.51. The third-order valence-corrected chi connectivity index (χ3v) is 3.78. The van der Waals surface area contributed by atoms with E-state index in [1.807, 2.05) is 84.9 Å². The second-order valence-electron chi connectivity index (χ2n) is 5.45. The first-order chi connectivity index (χ1) is 12.3. The van der Waals surface area contributed by atoms with Crippen LogP contribution >= 0.6 is 0 Å². The van der Waals surface area contributed by atoms with Crippen molar-refractivity contribution in [3.05, 3.63) is 96.6 Å². The third-order valence-electron chi connectivity index (χ3n) is 3.78. The van der Waals surface area contributed by atoms with E-state index in [-0.39, 0.29) is 5.91 Å². The van der Waals surface area contributed by atoms with E-state index in [4.69, 9.17) is 4.74 Å². The predicted octanol–water partition coefficient (Wildman–Crippen LogP) is 5.07. The van der Waals surface area contributed by atoms with E-state index in [1.165, 1.54) is 0 Å². The molecule has 0 radical (unpaired) electrons.